The zero-order chi connectivity index (χ0) is 14.8. The summed E-state index contributed by atoms with van der Waals surface area (Å²) in [6.45, 7) is 7.81. The van der Waals surface area contributed by atoms with E-state index in [-0.39, 0.29) is 11.6 Å². The Morgan fingerprint density at radius 3 is 2.45 bits per heavy atom. The van der Waals surface area contributed by atoms with Crippen LogP contribution in [-0.4, -0.2) is 29.0 Å². The molecule has 4 nitrogen and oxygen atoms in total. The molecule has 0 aromatic carbocycles. The Kier molecular flexibility index (Phi) is 4.55. The van der Waals surface area contributed by atoms with Crippen molar-refractivity contribution in [2.24, 2.45) is 12.5 Å². The van der Waals surface area contributed by atoms with Crippen LogP contribution in [0.25, 0.3) is 0 Å². The molecular formula is C16H29N3O. The third-order valence-corrected chi connectivity index (χ3v) is 4.85. The topological polar surface area (TPSA) is 39.1 Å². The summed E-state index contributed by atoms with van der Waals surface area (Å²) in [5.74, 6) is 0. The van der Waals surface area contributed by atoms with Crippen molar-refractivity contribution in [2.45, 2.75) is 58.1 Å². The van der Waals surface area contributed by atoms with Gasteiger partial charge in [0.15, 0.2) is 0 Å². The van der Waals surface area contributed by atoms with Crippen LogP contribution in [0.3, 0.4) is 0 Å². The fourth-order valence-corrected chi connectivity index (χ4v) is 3.36. The molecule has 1 aliphatic carbocycles. The number of methoxy groups -OCH3 is 1. The monoisotopic (exact) mass is 279 g/mol. The molecule has 1 N–H and O–H groups in total. The zero-order valence-corrected chi connectivity index (χ0v) is 13.6. The SMILES string of the molecule is CCNC(c1cnn(C)c1)C1(OC)CCC(C)(C)CC1. The molecule has 1 unspecified atom stereocenters. The van der Waals surface area contributed by atoms with Gasteiger partial charge in [-0.2, -0.15) is 5.10 Å². The van der Waals surface area contributed by atoms with E-state index in [1.54, 1.807) is 0 Å². The van der Waals surface area contributed by atoms with Crippen LogP contribution in [0, 0.1) is 5.41 Å². The average Bonchev–Trinajstić information content (AvgIpc) is 2.84. The number of nitrogens with one attached hydrogen (secondary N) is 1. The summed E-state index contributed by atoms with van der Waals surface area (Å²) in [4.78, 5) is 0. The number of ether oxygens (including phenoxy) is 1. The molecule has 0 bridgehead atoms. The van der Waals surface area contributed by atoms with Crippen LogP contribution in [0.5, 0.6) is 0 Å². The molecule has 1 fully saturated rings. The number of aromatic nitrogens is 2. The van der Waals surface area contributed by atoms with E-state index in [1.807, 2.05) is 25.0 Å². The number of hydrogen-bond donors (Lipinski definition) is 1. The van der Waals surface area contributed by atoms with Crippen molar-refractivity contribution in [3.05, 3.63) is 18.0 Å². The highest BCUT2D eigenvalue weighted by molar-refractivity contribution is 5.17. The lowest BCUT2D eigenvalue weighted by atomic mass is 9.67. The smallest absolute Gasteiger partial charge is 0.0874 e. The van der Waals surface area contributed by atoms with E-state index < -0.39 is 0 Å². The van der Waals surface area contributed by atoms with Gasteiger partial charge in [0.25, 0.3) is 0 Å². The Bertz CT molecular complexity index is 429. The molecule has 4 heteroatoms. The van der Waals surface area contributed by atoms with Gasteiger partial charge in [0.1, 0.15) is 0 Å². The van der Waals surface area contributed by atoms with Crippen LogP contribution in [0.1, 0.15) is 58.1 Å². The zero-order valence-electron chi connectivity index (χ0n) is 13.6. The van der Waals surface area contributed by atoms with Crippen LogP contribution in [0.4, 0.5) is 0 Å². The fourth-order valence-electron chi connectivity index (χ4n) is 3.36. The first-order chi connectivity index (χ1) is 9.42. The standard InChI is InChI=1S/C16H29N3O/c1-6-17-14(13-11-18-19(4)12-13)16(20-5)9-7-15(2,3)8-10-16/h11-12,14,17H,6-10H2,1-5H3. The van der Waals surface area contributed by atoms with Crippen molar-refractivity contribution in [3.63, 3.8) is 0 Å². The number of aryl methyl sites for hydroxylation is 1. The number of likely N-dealkylation sites (N-methyl/N-ethyl adjacent to an activating group) is 1. The summed E-state index contributed by atoms with van der Waals surface area (Å²) in [6, 6.07) is 0.224. The minimum Gasteiger partial charge on any atom is -0.376 e. The maximum atomic E-state index is 6.05. The molecule has 1 aromatic heterocycles. The van der Waals surface area contributed by atoms with Gasteiger partial charge in [-0.25, -0.2) is 0 Å². The largest absolute Gasteiger partial charge is 0.376 e. The molecule has 1 heterocycles. The molecule has 0 radical (unpaired) electrons. The van der Waals surface area contributed by atoms with Crippen molar-refractivity contribution in [1.29, 1.82) is 0 Å². The molecule has 1 aliphatic rings. The lowest BCUT2D eigenvalue weighted by Gasteiger charge is -2.47. The lowest BCUT2D eigenvalue weighted by molar-refractivity contribution is -0.0873. The third kappa shape index (κ3) is 3.07. The van der Waals surface area contributed by atoms with Gasteiger partial charge < -0.3 is 10.1 Å². The summed E-state index contributed by atoms with van der Waals surface area (Å²) in [5.41, 5.74) is 1.57. The van der Waals surface area contributed by atoms with Gasteiger partial charge in [0.05, 0.1) is 17.8 Å². The molecule has 0 aliphatic heterocycles. The lowest BCUT2D eigenvalue weighted by Crippen LogP contribution is -2.49. The Morgan fingerprint density at radius 1 is 1.35 bits per heavy atom. The van der Waals surface area contributed by atoms with Crippen LogP contribution >= 0.6 is 0 Å². The first-order valence-electron chi connectivity index (χ1n) is 7.69. The van der Waals surface area contributed by atoms with Crippen molar-refractivity contribution in [1.82, 2.24) is 15.1 Å². The molecular weight excluding hydrogens is 250 g/mol. The van der Waals surface area contributed by atoms with Gasteiger partial charge in [-0.15, -0.1) is 0 Å². The van der Waals surface area contributed by atoms with Gasteiger partial charge >= 0.3 is 0 Å². The highest BCUT2D eigenvalue weighted by atomic mass is 16.5. The Balaban J connectivity index is 2.26. The fraction of sp³-hybridized carbons (Fsp3) is 0.812. The molecule has 0 saturated heterocycles. The number of rotatable bonds is 5. The van der Waals surface area contributed by atoms with E-state index in [2.05, 4.69) is 37.4 Å². The van der Waals surface area contributed by atoms with Crippen LogP contribution in [0.2, 0.25) is 0 Å². The van der Waals surface area contributed by atoms with E-state index in [4.69, 9.17) is 4.74 Å². The van der Waals surface area contributed by atoms with Gasteiger partial charge in [0, 0.05) is 25.9 Å². The van der Waals surface area contributed by atoms with E-state index in [0.717, 1.165) is 19.4 Å². The molecule has 20 heavy (non-hydrogen) atoms. The average molecular weight is 279 g/mol. The van der Waals surface area contributed by atoms with Crippen molar-refractivity contribution >= 4 is 0 Å². The molecule has 0 spiro atoms. The predicted octanol–water partition coefficient (Wildman–Crippen LogP) is 3.06. The second-order valence-electron chi connectivity index (χ2n) is 6.87. The first-order valence-corrected chi connectivity index (χ1v) is 7.69. The van der Waals surface area contributed by atoms with Gasteiger partial charge in [0.2, 0.25) is 0 Å². The van der Waals surface area contributed by atoms with E-state index >= 15 is 0 Å². The Morgan fingerprint density at radius 2 is 2.00 bits per heavy atom. The molecule has 1 aromatic rings. The Labute approximate surface area is 122 Å². The van der Waals surface area contributed by atoms with Crippen LogP contribution in [0.15, 0.2) is 12.4 Å². The minimum atomic E-state index is -0.103. The molecule has 2 rings (SSSR count). The maximum absolute atomic E-state index is 6.05. The quantitative estimate of drug-likeness (QED) is 0.900. The van der Waals surface area contributed by atoms with E-state index in [9.17, 15) is 0 Å². The normalized spacial score (nSPS) is 22.6. The van der Waals surface area contributed by atoms with Gasteiger partial charge in [-0.05, 0) is 37.6 Å². The predicted molar refractivity (Wildman–Crippen MR) is 81.6 cm³/mol. The second-order valence-corrected chi connectivity index (χ2v) is 6.87. The third-order valence-electron chi connectivity index (χ3n) is 4.85. The van der Waals surface area contributed by atoms with Crippen molar-refractivity contribution in [3.8, 4) is 0 Å². The summed E-state index contributed by atoms with van der Waals surface area (Å²) < 4.78 is 7.92. The number of nitrogens with zero attached hydrogens (tertiary/aromatic N) is 2. The first kappa shape index (κ1) is 15.5. The van der Waals surface area contributed by atoms with Crippen LogP contribution in [-0.2, 0) is 11.8 Å². The Hall–Kier alpha value is -0.870. The number of hydrogen-bond acceptors (Lipinski definition) is 3. The molecule has 1 saturated carbocycles. The highest BCUT2D eigenvalue weighted by Gasteiger charge is 2.44. The molecule has 1 atom stereocenters. The van der Waals surface area contributed by atoms with Crippen LogP contribution < -0.4 is 5.32 Å². The summed E-state index contributed by atoms with van der Waals surface area (Å²) in [7, 11) is 3.83. The van der Waals surface area contributed by atoms with Crippen molar-refractivity contribution in [2.75, 3.05) is 13.7 Å². The molecule has 0 amide bonds. The van der Waals surface area contributed by atoms with Crippen molar-refractivity contribution < 1.29 is 4.74 Å². The summed E-state index contributed by atoms with van der Waals surface area (Å²) in [6.07, 6.45) is 8.69. The summed E-state index contributed by atoms with van der Waals surface area (Å²) in [5, 5.41) is 7.95. The van der Waals surface area contributed by atoms with Gasteiger partial charge in [-0.1, -0.05) is 20.8 Å². The highest BCUT2D eigenvalue weighted by Crippen LogP contribution is 2.47. The van der Waals surface area contributed by atoms with E-state index in [0.29, 0.717) is 5.41 Å². The minimum absolute atomic E-state index is 0.103. The summed E-state index contributed by atoms with van der Waals surface area (Å²) >= 11 is 0. The second kappa shape index (κ2) is 5.86. The maximum Gasteiger partial charge on any atom is 0.0874 e. The molecule has 114 valence electrons. The van der Waals surface area contributed by atoms with Gasteiger partial charge in [-0.3, -0.25) is 4.68 Å². The van der Waals surface area contributed by atoms with E-state index in [1.165, 1.54) is 18.4 Å².